The lowest BCUT2D eigenvalue weighted by Crippen LogP contribution is -2.60. The summed E-state index contributed by atoms with van der Waals surface area (Å²) in [6.45, 7) is 3.26. The fourth-order valence-electron chi connectivity index (χ4n) is 8.76. The second kappa shape index (κ2) is 17.5. The highest BCUT2D eigenvalue weighted by Gasteiger charge is 2.63. The van der Waals surface area contributed by atoms with Crippen LogP contribution in [0, 0.1) is 18.8 Å². The number of benzene rings is 1. The van der Waals surface area contributed by atoms with E-state index in [-0.39, 0.29) is 37.6 Å². The molecule has 2 aromatic rings. The summed E-state index contributed by atoms with van der Waals surface area (Å²) in [5, 5.41) is 8.56. The number of rotatable bonds is 10. The number of hydrogen-bond donors (Lipinski definition) is 4. The number of hydrogen-bond acceptors (Lipinski definition) is 12. The molecule has 5 aliphatic rings. The molecule has 60 heavy (non-hydrogen) atoms. The van der Waals surface area contributed by atoms with Crippen molar-refractivity contribution < 1.29 is 46.6 Å². The third-order valence-electron chi connectivity index (χ3n) is 12.9. The Morgan fingerprint density at radius 1 is 0.983 bits per heavy atom. The molecular weight excluding hydrogens is 795 g/mol. The Hall–Kier alpha value is -5.00. The Kier molecular flexibility index (Phi) is 12.6. The lowest BCUT2D eigenvalue weighted by Gasteiger charge is -2.33. The number of sulfonamides is 1. The van der Waals surface area contributed by atoms with Gasteiger partial charge in [0.15, 0.2) is 0 Å². The number of amides is 5. The van der Waals surface area contributed by atoms with E-state index in [0.717, 1.165) is 44.9 Å². The Morgan fingerprint density at radius 3 is 2.43 bits per heavy atom. The first-order valence-electron chi connectivity index (χ1n) is 21.2. The smallest absolute Gasteiger partial charge is 0.407 e. The first kappa shape index (κ1) is 43.1. The highest BCUT2D eigenvalue weighted by atomic mass is 32.2. The van der Waals surface area contributed by atoms with Crippen LogP contribution < -0.4 is 30.1 Å². The second-order valence-corrected chi connectivity index (χ2v) is 19.4. The van der Waals surface area contributed by atoms with Gasteiger partial charge in [0.1, 0.15) is 41.2 Å². The van der Waals surface area contributed by atoms with Crippen LogP contribution >= 0.6 is 0 Å². The summed E-state index contributed by atoms with van der Waals surface area (Å²) in [4.78, 5) is 80.8. The highest BCUT2D eigenvalue weighted by molar-refractivity contribution is 7.91. The first-order chi connectivity index (χ1) is 28.7. The number of methoxy groups -OCH3 is 2. The van der Waals surface area contributed by atoms with Crippen LogP contribution in [0.3, 0.4) is 0 Å². The van der Waals surface area contributed by atoms with Gasteiger partial charge in [-0.2, -0.15) is 0 Å². The fourth-order valence-corrected chi connectivity index (χ4v) is 10.1. The molecule has 5 amide bonds. The van der Waals surface area contributed by atoms with Crippen molar-refractivity contribution in [2.24, 2.45) is 11.8 Å². The molecule has 326 valence electrons. The number of aryl methyl sites for hydroxylation is 1. The van der Waals surface area contributed by atoms with Crippen molar-refractivity contribution in [3.8, 4) is 11.6 Å². The van der Waals surface area contributed by atoms with E-state index < -0.39 is 80.2 Å². The Bertz CT molecular complexity index is 2140. The van der Waals surface area contributed by atoms with Gasteiger partial charge in [0, 0.05) is 18.4 Å². The molecule has 3 saturated carbocycles. The quantitative estimate of drug-likeness (QED) is 0.252. The average molecular weight is 852 g/mol. The molecule has 4 N–H and O–H groups in total. The van der Waals surface area contributed by atoms with Gasteiger partial charge >= 0.3 is 6.09 Å². The van der Waals surface area contributed by atoms with E-state index in [9.17, 15) is 32.4 Å². The number of aromatic nitrogens is 2. The molecule has 1 aromatic carbocycles. The molecule has 0 spiro atoms. The zero-order valence-electron chi connectivity index (χ0n) is 34.8. The predicted octanol–water partition coefficient (Wildman–Crippen LogP) is 3.48. The molecule has 0 radical (unpaired) electrons. The number of ether oxygens (including phenoxy) is 3. The van der Waals surface area contributed by atoms with Crippen LogP contribution in [0.25, 0.3) is 11.0 Å². The Labute approximate surface area is 350 Å². The summed E-state index contributed by atoms with van der Waals surface area (Å²) in [6, 6.07) is 2.11. The van der Waals surface area contributed by atoms with Crippen LogP contribution in [0.2, 0.25) is 0 Å². The van der Waals surface area contributed by atoms with Crippen LogP contribution in [-0.4, -0.2) is 108 Å². The summed E-state index contributed by atoms with van der Waals surface area (Å²) in [5.74, 6) is -2.36. The van der Waals surface area contributed by atoms with E-state index >= 15 is 0 Å². The molecule has 18 heteroatoms. The van der Waals surface area contributed by atoms with Crippen LogP contribution in [0.5, 0.6) is 11.6 Å². The number of fused-ring (bicyclic) bond motifs is 3. The molecule has 3 aliphatic carbocycles. The number of nitrogens with zero attached hydrogens (tertiary/aromatic N) is 3. The van der Waals surface area contributed by atoms with E-state index in [1.807, 2.05) is 12.2 Å². The molecule has 3 heterocycles. The zero-order valence-corrected chi connectivity index (χ0v) is 35.6. The van der Waals surface area contributed by atoms with Crippen LogP contribution in [0.15, 0.2) is 30.4 Å². The maximum atomic E-state index is 14.9. The molecule has 6 atom stereocenters. The molecular formula is C42H57N7O10S. The van der Waals surface area contributed by atoms with Crippen LogP contribution in [-0.2, 0) is 33.9 Å². The second-order valence-electron chi connectivity index (χ2n) is 17.2. The SMILES string of the molecule is COC(=O)N[C@H](C(=O)N[C@H]1CCCCC/C=C\[C@@H]2C[C@@]2(C(=O)NS(=O)(=O)C2(C)CC2)NC(=O)[C@@H]2C[C@@H](Oc3nc4cc(OC)ccc4nc3C)CN2C1=O)C1CCCCC1. The third-order valence-corrected chi connectivity index (χ3v) is 15.1. The molecule has 4 fully saturated rings. The minimum atomic E-state index is -4.02. The van der Waals surface area contributed by atoms with Gasteiger partial charge in [-0.3, -0.25) is 23.9 Å². The minimum Gasteiger partial charge on any atom is -0.497 e. The number of alkyl carbamates (subject to hydrolysis) is 1. The molecule has 1 saturated heterocycles. The standard InChI is InChI=1S/C42H57N7O10S/c1-25-37(45-32-21-28(57-3)17-18-30(32)43-25)59-29-22-33-35(50)47-42(39(53)48-60(55,56)41(2)19-20-41)23-27(42)15-11-6-5-7-12-16-31(38(52)49(33)24-29)44-36(51)34(46-40(54)58-4)26-13-9-8-10-14-26/h11,15,17-18,21,26-27,29,31,33-34H,5-10,12-14,16,19-20,22-24H2,1-4H3,(H,44,51)(H,46,54)(H,47,50)(H,48,53)/b15-11-/t27-,29-,31+,33+,34+,42-/m1/s1. The lowest BCUT2D eigenvalue weighted by molar-refractivity contribution is -0.143. The van der Waals surface area contributed by atoms with Crippen molar-refractivity contribution in [2.75, 3.05) is 20.8 Å². The van der Waals surface area contributed by atoms with Gasteiger partial charge in [-0.15, -0.1) is 0 Å². The van der Waals surface area contributed by atoms with Gasteiger partial charge in [0.2, 0.25) is 33.6 Å². The van der Waals surface area contributed by atoms with Gasteiger partial charge in [-0.1, -0.05) is 44.3 Å². The van der Waals surface area contributed by atoms with Crippen molar-refractivity contribution in [1.82, 2.24) is 35.5 Å². The molecule has 17 nitrogen and oxygen atoms in total. The normalized spacial score (nSPS) is 28.0. The molecule has 0 unspecified atom stereocenters. The fraction of sp³-hybridized carbons (Fsp3) is 0.643. The summed E-state index contributed by atoms with van der Waals surface area (Å²) >= 11 is 0. The maximum Gasteiger partial charge on any atom is 0.407 e. The predicted molar refractivity (Wildman–Crippen MR) is 219 cm³/mol. The van der Waals surface area contributed by atoms with Crippen molar-refractivity contribution in [3.63, 3.8) is 0 Å². The topological polar surface area (TPSA) is 224 Å². The average Bonchev–Trinajstić information content (AvgIpc) is 4.11. The van der Waals surface area contributed by atoms with Gasteiger partial charge in [0.25, 0.3) is 5.91 Å². The maximum absolute atomic E-state index is 14.9. The van der Waals surface area contributed by atoms with Crippen molar-refractivity contribution in [3.05, 3.63) is 36.0 Å². The first-order valence-corrected chi connectivity index (χ1v) is 22.6. The van der Waals surface area contributed by atoms with E-state index in [1.165, 1.54) is 12.0 Å². The summed E-state index contributed by atoms with van der Waals surface area (Å²) in [5.41, 5.74) is 0.0666. The number of carbonyl (C=O) groups excluding carboxylic acids is 5. The van der Waals surface area contributed by atoms with Crippen molar-refractivity contribution >= 4 is 50.8 Å². The van der Waals surface area contributed by atoms with E-state index in [2.05, 4.69) is 25.7 Å². The molecule has 1 aromatic heterocycles. The summed E-state index contributed by atoms with van der Waals surface area (Å²) < 4.78 is 44.3. The van der Waals surface area contributed by atoms with Gasteiger partial charge in [-0.05, 0) is 83.3 Å². The highest BCUT2D eigenvalue weighted by Crippen LogP contribution is 2.47. The van der Waals surface area contributed by atoms with Crippen LogP contribution in [0.1, 0.15) is 103 Å². The zero-order chi connectivity index (χ0) is 42.8. The van der Waals surface area contributed by atoms with Gasteiger partial charge < -0.3 is 35.1 Å². The largest absolute Gasteiger partial charge is 0.497 e. The van der Waals surface area contributed by atoms with E-state index in [1.54, 1.807) is 39.2 Å². The van der Waals surface area contributed by atoms with Crippen molar-refractivity contribution in [2.45, 2.75) is 138 Å². The van der Waals surface area contributed by atoms with E-state index in [0.29, 0.717) is 48.2 Å². The summed E-state index contributed by atoms with van der Waals surface area (Å²) in [6.07, 6.45) is 10.6. The number of nitrogens with one attached hydrogen (secondary N) is 4. The Balaban J connectivity index is 1.20. The summed E-state index contributed by atoms with van der Waals surface area (Å²) in [7, 11) is -1.25. The number of carbonyl (C=O) groups is 5. The monoisotopic (exact) mass is 851 g/mol. The molecule has 0 bridgehead atoms. The number of allylic oxidation sites excluding steroid dienone is 1. The van der Waals surface area contributed by atoms with Crippen LogP contribution in [0.4, 0.5) is 4.79 Å². The molecule has 2 aliphatic heterocycles. The third kappa shape index (κ3) is 9.17. The molecule has 7 rings (SSSR count). The lowest BCUT2D eigenvalue weighted by atomic mass is 9.83. The van der Waals surface area contributed by atoms with Gasteiger partial charge in [0.05, 0.1) is 36.5 Å². The minimum absolute atomic E-state index is 0.00131. The van der Waals surface area contributed by atoms with E-state index in [4.69, 9.17) is 19.2 Å². The van der Waals surface area contributed by atoms with Gasteiger partial charge in [-0.25, -0.2) is 23.2 Å². The Morgan fingerprint density at radius 2 is 1.72 bits per heavy atom. The van der Waals surface area contributed by atoms with Crippen molar-refractivity contribution in [1.29, 1.82) is 0 Å².